The number of benzene rings is 1. The third-order valence-electron chi connectivity index (χ3n) is 5.04. The van der Waals surface area contributed by atoms with Gasteiger partial charge in [-0.3, -0.25) is 9.78 Å². The third-order valence-corrected chi connectivity index (χ3v) is 5.04. The van der Waals surface area contributed by atoms with Crippen LogP contribution in [-0.2, 0) is 11.4 Å². The minimum atomic E-state index is -0.499. The number of aromatic nitrogens is 1. The molecular weight excluding hydrogens is 397 g/mol. The van der Waals surface area contributed by atoms with Crippen molar-refractivity contribution in [2.24, 2.45) is 11.1 Å². The first-order valence-corrected chi connectivity index (χ1v) is 9.18. The topological polar surface area (TPSA) is 77.2 Å². The van der Waals surface area contributed by atoms with E-state index in [0.717, 1.165) is 29.8 Å². The van der Waals surface area contributed by atoms with Gasteiger partial charge in [0.1, 0.15) is 12.4 Å². The predicted octanol–water partition coefficient (Wildman–Crippen LogP) is 4.45. The van der Waals surface area contributed by atoms with E-state index in [9.17, 15) is 4.79 Å². The minimum Gasteiger partial charge on any atom is -0.487 e. The number of nitrogens with one attached hydrogen (secondary N) is 1. The van der Waals surface area contributed by atoms with Crippen LogP contribution in [0.5, 0.6) is 5.75 Å². The summed E-state index contributed by atoms with van der Waals surface area (Å²) in [5.74, 6) is 0.766. The summed E-state index contributed by atoms with van der Waals surface area (Å²) in [4.78, 5) is 17.0. The number of carbonyl (C=O) groups excluding carboxylic acids is 1. The Kier molecular flexibility index (Phi) is 11.8. The van der Waals surface area contributed by atoms with Crippen molar-refractivity contribution in [3.63, 3.8) is 0 Å². The Morgan fingerprint density at radius 2 is 1.89 bits per heavy atom. The highest BCUT2D eigenvalue weighted by Gasteiger charge is 2.34. The molecule has 0 aliphatic rings. The standard InChI is InChI=1S/C21H29N3O2.2ClH/c1-4-21(5-2,15-22)20(25)24-16(3)17-9-8-11-19(13-17)26-14-18-10-6-7-12-23-18;;/h6-13,16H,4-5,14-15,22H2,1-3H3,(H,24,25);2*1H. The minimum absolute atomic E-state index is 0. The lowest BCUT2D eigenvalue weighted by Gasteiger charge is -2.30. The number of rotatable bonds is 9. The molecule has 1 aromatic carbocycles. The molecule has 1 atom stereocenters. The number of ether oxygens (including phenoxy) is 1. The van der Waals surface area contributed by atoms with Gasteiger partial charge in [0.15, 0.2) is 0 Å². The van der Waals surface area contributed by atoms with E-state index in [2.05, 4.69) is 10.3 Å². The van der Waals surface area contributed by atoms with Gasteiger partial charge in [0.05, 0.1) is 17.2 Å². The molecule has 0 aliphatic carbocycles. The number of amides is 1. The average molecular weight is 428 g/mol. The summed E-state index contributed by atoms with van der Waals surface area (Å²) in [6.07, 6.45) is 3.20. The molecule has 0 bridgehead atoms. The van der Waals surface area contributed by atoms with Crippen LogP contribution in [0.1, 0.15) is 50.9 Å². The summed E-state index contributed by atoms with van der Waals surface area (Å²) < 4.78 is 5.82. The van der Waals surface area contributed by atoms with Gasteiger partial charge in [0.25, 0.3) is 0 Å². The highest BCUT2D eigenvalue weighted by atomic mass is 35.5. The van der Waals surface area contributed by atoms with Crippen molar-refractivity contribution >= 4 is 30.7 Å². The van der Waals surface area contributed by atoms with Crippen molar-refractivity contribution in [3.8, 4) is 5.75 Å². The summed E-state index contributed by atoms with van der Waals surface area (Å²) in [5.41, 5.74) is 7.25. The van der Waals surface area contributed by atoms with E-state index in [1.807, 2.05) is 63.2 Å². The Bertz CT molecular complexity index is 702. The normalized spacial score (nSPS) is 11.6. The molecule has 156 valence electrons. The zero-order valence-electron chi connectivity index (χ0n) is 16.7. The third kappa shape index (κ3) is 6.66. The van der Waals surface area contributed by atoms with Gasteiger partial charge in [-0.2, -0.15) is 0 Å². The van der Waals surface area contributed by atoms with Crippen LogP contribution < -0.4 is 15.8 Å². The molecule has 0 spiro atoms. The molecule has 7 heteroatoms. The van der Waals surface area contributed by atoms with Gasteiger partial charge in [0.2, 0.25) is 5.91 Å². The Morgan fingerprint density at radius 1 is 1.18 bits per heavy atom. The first-order chi connectivity index (χ1) is 12.5. The highest BCUT2D eigenvalue weighted by molar-refractivity contribution is 5.85. The number of hydrogen-bond donors (Lipinski definition) is 2. The summed E-state index contributed by atoms with van der Waals surface area (Å²) in [6.45, 7) is 6.75. The van der Waals surface area contributed by atoms with Crippen molar-refractivity contribution in [1.29, 1.82) is 0 Å². The van der Waals surface area contributed by atoms with Gasteiger partial charge in [-0.05, 0) is 49.6 Å². The Hall–Kier alpha value is -1.82. The molecule has 1 unspecified atom stereocenters. The molecule has 2 aromatic rings. The molecule has 28 heavy (non-hydrogen) atoms. The van der Waals surface area contributed by atoms with E-state index >= 15 is 0 Å². The van der Waals surface area contributed by atoms with Crippen LogP contribution in [0.2, 0.25) is 0 Å². The molecule has 0 radical (unpaired) electrons. The van der Waals surface area contributed by atoms with Crippen molar-refractivity contribution in [1.82, 2.24) is 10.3 Å². The fourth-order valence-electron chi connectivity index (χ4n) is 2.90. The summed E-state index contributed by atoms with van der Waals surface area (Å²) in [7, 11) is 0. The predicted molar refractivity (Wildman–Crippen MR) is 118 cm³/mol. The monoisotopic (exact) mass is 427 g/mol. The lowest BCUT2D eigenvalue weighted by Crippen LogP contribution is -2.46. The lowest BCUT2D eigenvalue weighted by atomic mass is 9.81. The van der Waals surface area contributed by atoms with Gasteiger partial charge in [-0.25, -0.2) is 0 Å². The number of halogens is 2. The molecule has 0 saturated heterocycles. The van der Waals surface area contributed by atoms with Gasteiger partial charge in [-0.15, -0.1) is 24.8 Å². The van der Waals surface area contributed by atoms with E-state index < -0.39 is 5.41 Å². The smallest absolute Gasteiger partial charge is 0.227 e. The fourth-order valence-corrected chi connectivity index (χ4v) is 2.90. The quantitative estimate of drug-likeness (QED) is 0.619. The van der Waals surface area contributed by atoms with Crippen LogP contribution in [0.25, 0.3) is 0 Å². The Labute approximate surface area is 180 Å². The van der Waals surface area contributed by atoms with E-state index in [0.29, 0.717) is 13.2 Å². The highest BCUT2D eigenvalue weighted by Crippen LogP contribution is 2.27. The number of nitrogens with two attached hydrogens (primary N) is 1. The van der Waals surface area contributed by atoms with Crippen LogP contribution >= 0.6 is 24.8 Å². The lowest BCUT2D eigenvalue weighted by molar-refractivity contribution is -0.131. The second kappa shape index (κ2) is 12.6. The van der Waals surface area contributed by atoms with Crippen molar-refractivity contribution in [2.75, 3.05) is 6.54 Å². The van der Waals surface area contributed by atoms with Crippen LogP contribution in [0.15, 0.2) is 48.7 Å². The van der Waals surface area contributed by atoms with Gasteiger partial charge in [-0.1, -0.05) is 32.0 Å². The first kappa shape index (κ1) is 26.2. The van der Waals surface area contributed by atoms with Crippen molar-refractivity contribution < 1.29 is 9.53 Å². The van der Waals surface area contributed by atoms with Gasteiger partial charge < -0.3 is 15.8 Å². The SMILES string of the molecule is CCC(CC)(CN)C(=O)NC(C)c1cccc(OCc2ccccn2)c1.Cl.Cl. The molecule has 1 heterocycles. The summed E-state index contributed by atoms with van der Waals surface area (Å²) in [5, 5.41) is 3.10. The number of carbonyl (C=O) groups is 1. The van der Waals surface area contributed by atoms with Gasteiger partial charge in [0, 0.05) is 12.7 Å². The molecule has 1 amide bonds. The van der Waals surface area contributed by atoms with Crippen LogP contribution in [0.4, 0.5) is 0 Å². The Balaban J connectivity index is 0.00000364. The van der Waals surface area contributed by atoms with Crippen LogP contribution in [-0.4, -0.2) is 17.4 Å². The average Bonchev–Trinajstić information content (AvgIpc) is 2.69. The van der Waals surface area contributed by atoms with E-state index in [1.165, 1.54) is 0 Å². The second-order valence-corrected chi connectivity index (χ2v) is 6.57. The molecule has 0 saturated carbocycles. The van der Waals surface area contributed by atoms with E-state index in [-0.39, 0.29) is 36.8 Å². The molecule has 0 fully saturated rings. The van der Waals surface area contributed by atoms with Crippen molar-refractivity contribution in [2.45, 2.75) is 46.3 Å². The maximum Gasteiger partial charge on any atom is 0.227 e. The zero-order valence-corrected chi connectivity index (χ0v) is 18.3. The second-order valence-electron chi connectivity index (χ2n) is 6.57. The summed E-state index contributed by atoms with van der Waals surface area (Å²) >= 11 is 0. The molecule has 3 N–H and O–H groups in total. The van der Waals surface area contributed by atoms with E-state index in [1.54, 1.807) is 6.20 Å². The largest absolute Gasteiger partial charge is 0.487 e. The van der Waals surface area contributed by atoms with Crippen LogP contribution in [0.3, 0.4) is 0 Å². The fraction of sp³-hybridized carbons (Fsp3) is 0.429. The number of pyridine rings is 1. The Morgan fingerprint density at radius 3 is 2.46 bits per heavy atom. The molecule has 2 rings (SSSR count). The van der Waals surface area contributed by atoms with Gasteiger partial charge >= 0.3 is 0 Å². The first-order valence-electron chi connectivity index (χ1n) is 9.18. The maximum absolute atomic E-state index is 12.7. The number of hydrogen-bond acceptors (Lipinski definition) is 4. The number of nitrogens with zero attached hydrogens (tertiary/aromatic N) is 1. The molecular formula is C21H31Cl2N3O2. The molecule has 5 nitrogen and oxygen atoms in total. The molecule has 0 aliphatic heterocycles. The summed E-state index contributed by atoms with van der Waals surface area (Å²) in [6, 6.07) is 13.4. The van der Waals surface area contributed by atoms with E-state index in [4.69, 9.17) is 10.5 Å². The molecule has 1 aromatic heterocycles. The zero-order chi connectivity index (χ0) is 19.0. The van der Waals surface area contributed by atoms with Crippen molar-refractivity contribution in [3.05, 3.63) is 59.9 Å². The maximum atomic E-state index is 12.7. The van der Waals surface area contributed by atoms with Crippen LogP contribution in [0, 0.1) is 5.41 Å².